The zero-order valence-corrected chi connectivity index (χ0v) is 9.48. The summed E-state index contributed by atoms with van der Waals surface area (Å²) < 4.78 is 5.73. The van der Waals surface area contributed by atoms with E-state index in [2.05, 4.69) is 18.2 Å². The van der Waals surface area contributed by atoms with Gasteiger partial charge in [-0.05, 0) is 18.4 Å². The largest absolute Gasteiger partial charge is 0.376 e. The lowest BCUT2D eigenvalue weighted by molar-refractivity contribution is -0.0107. The van der Waals surface area contributed by atoms with Gasteiger partial charge in [-0.2, -0.15) is 5.26 Å². The molecule has 1 saturated carbocycles. The van der Waals surface area contributed by atoms with Crippen LogP contribution in [-0.2, 0) is 11.3 Å². The first-order valence-electron chi connectivity index (χ1n) is 5.83. The number of hydrogen-bond acceptors (Lipinski definition) is 2. The predicted octanol–water partition coefficient (Wildman–Crippen LogP) is 3.29. The Kier molecular flexibility index (Phi) is 3.58. The van der Waals surface area contributed by atoms with Crippen molar-refractivity contribution in [2.24, 2.45) is 5.41 Å². The zero-order valence-electron chi connectivity index (χ0n) is 9.48. The summed E-state index contributed by atoms with van der Waals surface area (Å²) in [6, 6.07) is 12.5. The molecule has 2 heteroatoms. The fraction of sp³-hybridized carbons (Fsp3) is 0.500. The molecule has 0 spiro atoms. The highest BCUT2D eigenvalue weighted by molar-refractivity contribution is 5.13. The third-order valence-electron chi connectivity index (χ3n) is 3.39. The van der Waals surface area contributed by atoms with Gasteiger partial charge in [0.2, 0.25) is 0 Å². The van der Waals surface area contributed by atoms with E-state index in [9.17, 15) is 0 Å². The van der Waals surface area contributed by atoms with E-state index in [1.165, 1.54) is 12.0 Å². The van der Waals surface area contributed by atoms with Crippen LogP contribution in [0.3, 0.4) is 0 Å². The number of ether oxygens (including phenoxy) is 1. The second-order valence-corrected chi connectivity index (χ2v) is 4.67. The summed E-state index contributed by atoms with van der Waals surface area (Å²) >= 11 is 0. The quantitative estimate of drug-likeness (QED) is 0.755. The maximum atomic E-state index is 8.78. The standard InChI is InChI=1S/C14H17NO/c15-10-9-14(7-4-8-14)12-16-11-13-5-2-1-3-6-13/h1-3,5-6H,4,7-9,11-12H2. The van der Waals surface area contributed by atoms with Crippen molar-refractivity contribution in [2.45, 2.75) is 32.3 Å². The van der Waals surface area contributed by atoms with Crippen LogP contribution in [0, 0.1) is 16.7 Å². The van der Waals surface area contributed by atoms with Crippen molar-refractivity contribution in [3.8, 4) is 6.07 Å². The average Bonchev–Trinajstić information content (AvgIpc) is 2.27. The van der Waals surface area contributed by atoms with E-state index in [1.807, 2.05) is 18.2 Å². The molecule has 1 fully saturated rings. The topological polar surface area (TPSA) is 33.0 Å². The molecule has 0 unspecified atom stereocenters. The Hall–Kier alpha value is -1.33. The Labute approximate surface area is 96.9 Å². The number of benzene rings is 1. The van der Waals surface area contributed by atoms with E-state index in [0.717, 1.165) is 19.4 Å². The highest BCUT2D eigenvalue weighted by atomic mass is 16.5. The minimum absolute atomic E-state index is 0.170. The normalized spacial score (nSPS) is 17.4. The molecule has 0 radical (unpaired) electrons. The van der Waals surface area contributed by atoms with Crippen LogP contribution in [0.15, 0.2) is 30.3 Å². The van der Waals surface area contributed by atoms with Crippen LogP contribution in [0.4, 0.5) is 0 Å². The van der Waals surface area contributed by atoms with Crippen molar-refractivity contribution in [2.75, 3.05) is 6.61 Å². The molecule has 0 saturated heterocycles. The summed E-state index contributed by atoms with van der Waals surface area (Å²) in [6.45, 7) is 1.39. The lowest BCUT2D eigenvalue weighted by Crippen LogP contribution is -2.33. The molecule has 0 amide bonds. The number of rotatable bonds is 5. The second-order valence-electron chi connectivity index (χ2n) is 4.67. The summed E-state index contributed by atoms with van der Waals surface area (Å²) in [7, 11) is 0. The smallest absolute Gasteiger partial charge is 0.0717 e. The van der Waals surface area contributed by atoms with Crippen molar-refractivity contribution in [3.05, 3.63) is 35.9 Å². The minimum Gasteiger partial charge on any atom is -0.376 e. The molecule has 0 heterocycles. The summed E-state index contributed by atoms with van der Waals surface area (Å²) in [5.41, 5.74) is 1.37. The Morgan fingerprint density at radius 3 is 2.56 bits per heavy atom. The van der Waals surface area contributed by atoms with Crippen molar-refractivity contribution >= 4 is 0 Å². The van der Waals surface area contributed by atoms with Gasteiger partial charge in [-0.25, -0.2) is 0 Å². The highest BCUT2D eigenvalue weighted by Gasteiger charge is 2.36. The lowest BCUT2D eigenvalue weighted by atomic mass is 9.67. The summed E-state index contributed by atoms with van der Waals surface area (Å²) in [5.74, 6) is 0. The van der Waals surface area contributed by atoms with E-state index in [0.29, 0.717) is 13.0 Å². The van der Waals surface area contributed by atoms with E-state index < -0.39 is 0 Å². The van der Waals surface area contributed by atoms with E-state index in [4.69, 9.17) is 10.00 Å². The van der Waals surface area contributed by atoms with Gasteiger partial charge in [-0.3, -0.25) is 0 Å². The van der Waals surface area contributed by atoms with Gasteiger partial charge in [0, 0.05) is 11.8 Å². The molecule has 2 rings (SSSR count). The van der Waals surface area contributed by atoms with E-state index >= 15 is 0 Å². The SMILES string of the molecule is N#CCC1(COCc2ccccc2)CCC1. The van der Waals surface area contributed by atoms with Crippen molar-refractivity contribution in [3.63, 3.8) is 0 Å². The maximum absolute atomic E-state index is 8.78. The predicted molar refractivity (Wildman–Crippen MR) is 62.6 cm³/mol. The molecule has 0 bridgehead atoms. The van der Waals surface area contributed by atoms with Gasteiger partial charge in [0.25, 0.3) is 0 Å². The zero-order chi connectivity index (χ0) is 11.3. The van der Waals surface area contributed by atoms with E-state index in [1.54, 1.807) is 0 Å². The Balaban J connectivity index is 1.77. The van der Waals surface area contributed by atoms with Crippen LogP contribution in [-0.4, -0.2) is 6.61 Å². The van der Waals surface area contributed by atoms with Gasteiger partial charge < -0.3 is 4.74 Å². The summed E-state index contributed by atoms with van der Waals surface area (Å²) in [6.07, 6.45) is 4.18. The fourth-order valence-electron chi connectivity index (χ4n) is 2.18. The van der Waals surface area contributed by atoms with Crippen molar-refractivity contribution in [1.82, 2.24) is 0 Å². The van der Waals surface area contributed by atoms with Crippen LogP contribution in [0.1, 0.15) is 31.2 Å². The number of hydrogen-bond donors (Lipinski definition) is 0. The molecule has 0 atom stereocenters. The Morgan fingerprint density at radius 1 is 1.25 bits per heavy atom. The van der Waals surface area contributed by atoms with Crippen LogP contribution >= 0.6 is 0 Å². The van der Waals surface area contributed by atoms with Crippen LogP contribution in [0.5, 0.6) is 0 Å². The summed E-state index contributed by atoms with van der Waals surface area (Å²) in [5, 5.41) is 8.78. The molecule has 1 aromatic rings. The lowest BCUT2D eigenvalue weighted by Gasteiger charge is -2.39. The molecule has 1 aliphatic carbocycles. The molecule has 0 aromatic heterocycles. The van der Waals surface area contributed by atoms with Gasteiger partial charge >= 0.3 is 0 Å². The molecular weight excluding hydrogens is 198 g/mol. The van der Waals surface area contributed by atoms with Gasteiger partial charge in [0.05, 0.1) is 19.3 Å². The Morgan fingerprint density at radius 2 is 2.00 bits per heavy atom. The molecule has 84 valence electrons. The highest BCUT2D eigenvalue weighted by Crippen LogP contribution is 2.43. The number of nitriles is 1. The first kappa shape index (κ1) is 11.2. The third-order valence-corrected chi connectivity index (χ3v) is 3.39. The first-order chi connectivity index (χ1) is 7.85. The van der Waals surface area contributed by atoms with Crippen molar-refractivity contribution < 1.29 is 4.74 Å². The van der Waals surface area contributed by atoms with Gasteiger partial charge in [0.15, 0.2) is 0 Å². The minimum atomic E-state index is 0.170. The van der Waals surface area contributed by atoms with Gasteiger partial charge in [-0.15, -0.1) is 0 Å². The molecule has 1 aliphatic rings. The molecule has 1 aromatic carbocycles. The molecule has 16 heavy (non-hydrogen) atoms. The molecule has 0 aliphatic heterocycles. The molecular formula is C14H17NO. The Bertz CT molecular complexity index is 362. The van der Waals surface area contributed by atoms with Crippen LogP contribution in [0.2, 0.25) is 0 Å². The second kappa shape index (κ2) is 5.14. The van der Waals surface area contributed by atoms with Crippen molar-refractivity contribution in [1.29, 1.82) is 5.26 Å². The van der Waals surface area contributed by atoms with Crippen LogP contribution < -0.4 is 0 Å². The van der Waals surface area contributed by atoms with Crippen LogP contribution in [0.25, 0.3) is 0 Å². The maximum Gasteiger partial charge on any atom is 0.0717 e. The van der Waals surface area contributed by atoms with E-state index in [-0.39, 0.29) is 5.41 Å². The average molecular weight is 215 g/mol. The summed E-state index contributed by atoms with van der Waals surface area (Å²) in [4.78, 5) is 0. The number of nitrogens with zero attached hydrogens (tertiary/aromatic N) is 1. The third kappa shape index (κ3) is 2.62. The van der Waals surface area contributed by atoms with Gasteiger partial charge in [0.1, 0.15) is 0 Å². The van der Waals surface area contributed by atoms with Gasteiger partial charge in [-0.1, -0.05) is 36.8 Å². The first-order valence-corrected chi connectivity index (χ1v) is 5.83. The fourth-order valence-corrected chi connectivity index (χ4v) is 2.18. The molecule has 2 nitrogen and oxygen atoms in total. The monoisotopic (exact) mass is 215 g/mol. The molecule has 0 N–H and O–H groups in total.